The average Bonchev–Trinajstić information content (AvgIpc) is 3.23. The summed E-state index contributed by atoms with van der Waals surface area (Å²) in [6.45, 7) is 2.44. The Morgan fingerprint density at radius 2 is 1.96 bits per heavy atom. The first-order valence-corrected chi connectivity index (χ1v) is 9.48. The van der Waals surface area contributed by atoms with Gasteiger partial charge < -0.3 is 20.1 Å². The van der Waals surface area contributed by atoms with Gasteiger partial charge in [0.25, 0.3) is 0 Å². The largest absolute Gasteiger partial charge is 0.487 e. The van der Waals surface area contributed by atoms with E-state index in [9.17, 15) is 14.7 Å². The maximum atomic E-state index is 12.8. The Hall–Kier alpha value is -2.24. The van der Waals surface area contributed by atoms with Gasteiger partial charge in [-0.05, 0) is 45.1 Å². The smallest absolute Gasteiger partial charge is 0.317 e. The highest BCUT2D eigenvalue weighted by Crippen LogP contribution is 2.47. The van der Waals surface area contributed by atoms with Crippen LogP contribution in [0.1, 0.15) is 57.1 Å². The number of carboxylic acid groups (broad SMARTS) is 1. The van der Waals surface area contributed by atoms with E-state index in [1.807, 2.05) is 24.3 Å². The lowest BCUT2D eigenvalue weighted by atomic mass is 9.86. The highest BCUT2D eigenvalue weighted by molar-refractivity contribution is 5.79. The number of carbonyl (C=O) groups is 2. The predicted molar refractivity (Wildman–Crippen MR) is 96.1 cm³/mol. The third-order valence-corrected chi connectivity index (χ3v) is 6.29. The van der Waals surface area contributed by atoms with Gasteiger partial charge in [-0.3, -0.25) is 4.79 Å². The minimum Gasteiger partial charge on any atom is -0.487 e. The molecule has 26 heavy (non-hydrogen) atoms. The van der Waals surface area contributed by atoms with Gasteiger partial charge in [-0.1, -0.05) is 18.2 Å². The van der Waals surface area contributed by atoms with Crippen LogP contribution in [-0.2, 0) is 4.79 Å². The summed E-state index contributed by atoms with van der Waals surface area (Å²) in [5, 5.41) is 12.5. The molecule has 2 atom stereocenters. The molecule has 0 bridgehead atoms. The Morgan fingerprint density at radius 3 is 2.65 bits per heavy atom. The topological polar surface area (TPSA) is 78.9 Å². The third kappa shape index (κ3) is 2.91. The number of rotatable bonds is 2. The molecule has 0 aromatic heterocycles. The molecule has 2 unspecified atom stereocenters. The molecule has 2 heterocycles. The van der Waals surface area contributed by atoms with Crippen LogP contribution in [0.15, 0.2) is 24.3 Å². The molecule has 1 saturated heterocycles. The van der Waals surface area contributed by atoms with Crippen molar-refractivity contribution >= 4 is 12.0 Å². The normalized spacial score (nSPS) is 29.3. The second kappa shape index (κ2) is 6.18. The lowest BCUT2D eigenvalue weighted by molar-refractivity contribution is -0.147. The van der Waals surface area contributed by atoms with Crippen molar-refractivity contribution in [2.24, 2.45) is 5.41 Å². The van der Waals surface area contributed by atoms with Gasteiger partial charge in [0.15, 0.2) is 0 Å². The van der Waals surface area contributed by atoms with E-state index >= 15 is 0 Å². The van der Waals surface area contributed by atoms with Crippen LogP contribution in [0, 0.1) is 5.41 Å². The van der Waals surface area contributed by atoms with Crippen molar-refractivity contribution in [3.63, 3.8) is 0 Å². The summed E-state index contributed by atoms with van der Waals surface area (Å²) in [5.41, 5.74) is -0.0108. The Bertz CT molecular complexity index is 728. The number of aliphatic carboxylic acids is 1. The van der Waals surface area contributed by atoms with Crippen LogP contribution >= 0.6 is 0 Å². The zero-order valence-electron chi connectivity index (χ0n) is 15.2. The number of fused-ring (bicyclic) bond motifs is 1. The molecule has 6 nitrogen and oxygen atoms in total. The average molecular weight is 358 g/mol. The number of carbonyl (C=O) groups excluding carboxylic acids is 1. The molecule has 1 saturated carbocycles. The van der Waals surface area contributed by atoms with Crippen molar-refractivity contribution in [3.8, 4) is 5.75 Å². The summed E-state index contributed by atoms with van der Waals surface area (Å²) < 4.78 is 6.34. The lowest BCUT2D eigenvalue weighted by Crippen LogP contribution is -2.47. The first kappa shape index (κ1) is 17.2. The fourth-order valence-electron chi connectivity index (χ4n) is 4.62. The van der Waals surface area contributed by atoms with Gasteiger partial charge >= 0.3 is 12.0 Å². The number of carboxylic acids is 1. The van der Waals surface area contributed by atoms with Gasteiger partial charge in [0.2, 0.25) is 0 Å². The first-order chi connectivity index (χ1) is 12.4. The predicted octanol–water partition coefficient (Wildman–Crippen LogP) is 3.33. The Labute approximate surface area is 153 Å². The molecule has 1 aromatic rings. The first-order valence-electron chi connectivity index (χ1n) is 9.48. The minimum atomic E-state index is -0.850. The summed E-state index contributed by atoms with van der Waals surface area (Å²) in [6.07, 6.45) is 5.63. The molecule has 2 N–H and O–H groups in total. The van der Waals surface area contributed by atoms with Crippen LogP contribution in [0.25, 0.3) is 0 Å². The van der Waals surface area contributed by atoms with E-state index in [1.165, 1.54) is 0 Å². The molecule has 1 aromatic carbocycles. The second-order valence-corrected chi connectivity index (χ2v) is 8.27. The maximum absolute atomic E-state index is 12.8. The van der Waals surface area contributed by atoms with Crippen molar-refractivity contribution in [2.75, 3.05) is 13.1 Å². The number of urea groups is 1. The van der Waals surface area contributed by atoms with Crippen molar-refractivity contribution in [1.82, 2.24) is 10.2 Å². The number of benzene rings is 1. The van der Waals surface area contributed by atoms with Gasteiger partial charge in [-0.25, -0.2) is 4.79 Å². The molecule has 2 amide bonds. The monoisotopic (exact) mass is 358 g/mol. The standard InChI is InChI=1S/C20H26N2O4/c1-19(17(23)24)10-11-22(13-19)18(25)21-15-12-20(8-4-5-9-20)26-16-7-3-2-6-14(15)16/h2-3,6-7,15H,4-5,8-13H2,1H3,(H,21,25)(H,23,24). The Balaban J connectivity index is 1.52. The molecular weight excluding hydrogens is 332 g/mol. The number of para-hydroxylation sites is 1. The van der Waals surface area contributed by atoms with Crippen molar-refractivity contribution in [3.05, 3.63) is 29.8 Å². The van der Waals surface area contributed by atoms with E-state index in [2.05, 4.69) is 5.32 Å². The molecule has 1 aliphatic carbocycles. The van der Waals surface area contributed by atoms with Gasteiger partial charge in [0, 0.05) is 25.1 Å². The highest BCUT2D eigenvalue weighted by Gasteiger charge is 2.45. The maximum Gasteiger partial charge on any atom is 0.317 e. The summed E-state index contributed by atoms with van der Waals surface area (Å²) in [7, 11) is 0. The number of amides is 2. The molecule has 0 radical (unpaired) electrons. The van der Waals surface area contributed by atoms with E-state index < -0.39 is 11.4 Å². The number of ether oxygens (including phenoxy) is 1. The van der Waals surface area contributed by atoms with E-state index in [0.717, 1.165) is 43.4 Å². The Kier molecular flexibility index (Phi) is 4.09. The van der Waals surface area contributed by atoms with Crippen molar-refractivity contribution < 1.29 is 19.4 Å². The van der Waals surface area contributed by atoms with Gasteiger partial charge in [0.1, 0.15) is 11.4 Å². The van der Waals surface area contributed by atoms with Crippen LogP contribution in [0.4, 0.5) is 4.79 Å². The molecule has 4 rings (SSSR count). The number of nitrogens with one attached hydrogen (secondary N) is 1. The molecule has 3 aliphatic rings. The summed E-state index contributed by atoms with van der Waals surface area (Å²) in [4.78, 5) is 25.9. The zero-order valence-corrected chi connectivity index (χ0v) is 15.2. The van der Waals surface area contributed by atoms with Crippen LogP contribution in [0.5, 0.6) is 5.75 Å². The molecule has 140 valence electrons. The number of hydrogen-bond acceptors (Lipinski definition) is 3. The van der Waals surface area contributed by atoms with E-state index in [0.29, 0.717) is 13.0 Å². The minimum absolute atomic E-state index is 0.0952. The molecular formula is C20H26N2O4. The fourth-order valence-corrected chi connectivity index (χ4v) is 4.62. The van der Waals surface area contributed by atoms with Crippen LogP contribution in [-0.4, -0.2) is 40.7 Å². The van der Waals surface area contributed by atoms with Crippen molar-refractivity contribution in [2.45, 2.75) is 57.1 Å². The fraction of sp³-hybridized carbons (Fsp3) is 0.600. The van der Waals surface area contributed by atoms with Gasteiger partial charge in [-0.15, -0.1) is 0 Å². The van der Waals surface area contributed by atoms with E-state index in [-0.39, 0.29) is 24.2 Å². The SMILES string of the molecule is CC1(C(=O)O)CCN(C(=O)NC2CC3(CCCC3)Oc3ccccc32)C1. The van der Waals surface area contributed by atoms with E-state index in [1.54, 1.807) is 11.8 Å². The zero-order chi connectivity index (χ0) is 18.4. The highest BCUT2D eigenvalue weighted by atomic mass is 16.5. The quantitative estimate of drug-likeness (QED) is 0.850. The summed E-state index contributed by atoms with van der Waals surface area (Å²) in [6, 6.07) is 7.64. The molecule has 2 aliphatic heterocycles. The van der Waals surface area contributed by atoms with Crippen LogP contribution in [0.3, 0.4) is 0 Å². The lowest BCUT2D eigenvalue weighted by Gasteiger charge is -2.40. The van der Waals surface area contributed by atoms with Crippen LogP contribution < -0.4 is 10.1 Å². The third-order valence-electron chi connectivity index (χ3n) is 6.29. The summed E-state index contributed by atoms with van der Waals surface area (Å²) >= 11 is 0. The van der Waals surface area contributed by atoms with Crippen LogP contribution in [0.2, 0.25) is 0 Å². The Morgan fingerprint density at radius 1 is 1.23 bits per heavy atom. The molecule has 6 heteroatoms. The van der Waals surface area contributed by atoms with Gasteiger partial charge in [-0.2, -0.15) is 0 Å². The van der Waals surface area contributed by atoms with Gasteiger partial charge in [0.05, 0.1) is 11.5 Å². The molecule has 2 fully saturated rings. The van der Waals surface area contributed by atoms with Crippen molar-refractivity contribution in [1.29, 1.82) is 0 Å². The van der Waals surface area contributed by atoms with E-state index in [4.69, 9.17) is 4.74 Å². The number of likely N-dealkylation sites (tertiary alicyclic amines) is 1. The molecule has 1 spiro atoms. The second-order valence-electron chi connectivity index (χ2n) is 8.27. The number of hydrogen-bond donors (Lipinski definition) is 2. The summed E-state index contributed by atoms with van der Waals surface area (Å²) in [5.74, 6) is 0.0249. The number of nitrogens with zero attached hydrogens (tertiary/aromatic N) is 1.